The molecule has 19 heavy (non-hydrogen) atoms. The van der Waals surface area contributed by atoms with Crippen molar-refractivity contribution in [2.45, 2.75) is 11.8 Å². The average Bonchev–Trinajstić information content (AvgIpc) is 2.73. The van der Waals surface area contributed by atoms with E-state index in [1.54, 1.807) is 32.3 Å². The molecule has 0 fully saturated rings. The van der Waals surface area contributed by atoms with Gasteiger partial charge < -0.3 is 4.74 Å². The molecule has 6 nitrogen and oxygen atoms in total. The lowest BCUT2D eigenvalue weighted by molar-refractivity contribution is 0.414. The lowest BCUT2D eigenvalue weighted by atomic mass is 10.2. The molecule has 0 aliphatic rings. The van der Waals surface area contributed by atoms with Crippen LogP contribution in [0.2, 0.25) is 0 Å². The molecule has 0 radical (unpaired) electrons. The minimum absolute atomic E-state index is 0.220. The largest absolute Gasteiger partial charge is 0.497 e. The van der Waals surface area contributed by atoms with Crippen molar-refractivity contribution in [1.29, 1.82) is 0 Å². The van der Waals surface area contributed by atoms with Crippen LogP contribution in [0.15, 0.2) is 35.5 Å². The molecule has 0 aliphatic carbocycles. The van der Waals surface area contributed by atoms with E-state index in [9.17, 15) is 8.42 Å². The Kier molecular flexibility index (Phi) is 3.48. The minimum Gasteiger partial charge on any atom is -0.497 e. The summed E-state index contributed by atoms with van der Waals surface area (Å²) in [7, 11) is -0.357. The number of nitrogens with one attached hydrogen (secondary N) is 1. The van der Waals surface area contributed by atoms with Gasteiger partial charge in [0.05, 0.1) is 23.9 Å². The molecule has 1 aromatic carbocycles. The molecule has 102 valence electrons. The molecule has 0 atom stereocenters. The van der Waals surface area contributed by atoms with Crippen molar-refractivity contribution in [2.24, 2.45) is 7.05 Å². The fraction of sp³-hybridized carbons (Fsp3) is 0.250. The summed E-state index contributed by atoms with van der Waals surface area (Å²) in [5.41, 5.74) is 1.05. The highest BCUT2D eigenvalue weighted by atomic mass is 32.2. The Balaban J connectivity index is 2.34. The van der Waals surface area contributed by atoms with Crippen molar-refractivity contribution in [1.82, 2.24) is 9.78 Å². The van der Waals surface area contributed by atoms with Gasteiger partial charge in [0.25, 0.3) is 10.0 Å². The third-order valence-electron chi connectivity index (χ3n) is 2.63. The smallest absolute Gasteiger partial charge is 0.262 e. The van der Waals surface area contributed by atoms with Gasteiger partial charge in [0.1, 0.15) is 5.75 Å². The number of hydrogen-bond donors (Lipinski definition) is 1. The standard InChI is InChI=1S/C12H15N3O3S/c1-9-6-11(18-3)4-5-12(9)19(16,17)14-10-7-13-15(2)8-10/h4-8,14H,1-3H3. The van der Waals surface area contributed by atoms with Gasteiger partial charge in [-0.2, -0.15) is 5.10 Å². The normalized spacial score (nSPS) is 11.3. The summed E-state index contributed by atoms with van der Waals surface area (Å²) in [5.74, 6) is 0.623. The van der Waals surface area contributed by atoms with Gasteiger partial charge in [-0.3, -0.25) is 9.40 Å². The lowest BCUT2D eigenvalue weighted by Gasteiger charge is -2.10. The van der Waals surface area contributed by atoms with Gasteiger partial charge in [-0.15, -0.1) is 0 Å². The van der Waals surface area contributed by atoms with Gasteiger partial charge in [0.15, 0.2) is 0 Å². The Morgan fingerprint density at radius 2 is 2.11 bits per heavy atom. The Morgan fingerprint density at radius 3 is 2.63 bits per heavy atom. The van der Waals surface area contributed by atoms with E-state index in [2.05, 4.69) is 9.82 Å². The number of anilines is 1. The molecular weight excluding hydrogens is 266 g/mol. The molecule has 0 bridgehead atoms. The average molecular weight is 281 g/mol. The van der Waals surface area contributed by atoms with E-state index in [1.165, 1.54) is 24.1 Å². The second-order valence-corrected chi connectivity index (χ2v) is 5.79. The van der Waals surface area contributed by atoms with Crippen molar-refractivity contribution in [3.8, 4) is 5.75 Å². The third-order valence-corrected chi connectivity index (χ3v) is 4.17. The summed E-state index contributed by atoms with van der Waals surface area (Å²) in [5, 5.41) is 3.91. The number of benzene rings is 1. The van der Waals surface area contributed by atoms with Crippen LogP contribution in [0, 0.1) is 6.92 Å². The summed E-state index contributed by atoms with van der Waals surface area (Å²) < 4.78 is 33.5. The highest BCUT2D eigenvalue weighted by Gasteiger charge is 2.17. The molecule has 0 unspecified atom stereocenters. The number of ether oxygens (including phenoxy) is 1. The van der Waals surface area contributed by atoms with Crippen molar-refractivity contribution in [3.63, 3.8) is 0 Å². The predicted octanol–water partition coefficient (Wildman–Crippen LogP) is 1.54. The summed E-state index contributed by atoms with van der Waals surface area (Å²) in [6, 6.07) is 4.81. The maximum Gasteiger partial charge on any atom is 0.262 e. The number of hydrogen-bond acceptors (Lipinski definition) is 4. The number of aromatic nitrogens is 2. The minimum atomic E-state index is -3.61. The van der Waals surface area contributed by atoms with Crippen LogP contribution >= 0.6 is 0 Å². The summed E-state index contributed by atoms with van der Waals surface area (Å²) in [4.78, 5) is 0.220. The van der Waals surface area contributed by atoms with Crippen LogP contribution in [-0.4, -0.2) is 25.3 Å². The first kappa shape index (κ1) is 13.4. The second kappa shape index (κ2) is 4.93. The zero-order valence-corrected chi connectivity index (χ0v) is 11.7. The van der Waals surface area contributed by atoms with Crippen LogP contribution < -0.4 is 9.46 Å². The first-order valence-electron chi connectivity index (χ1n) is 5.58. The number of sulfonamides is 1. The van der Waals surface area contributed by atoms with E-state index in [1.807, 2.05) is 0 Å². The Hall–Kier alpha value is -2.02. The third kappa shape index (κ3) is 2.87. The van der Waals surface area contributed by atoms with Crippen LogP contribution in [0.4, 0.5) is 5.69 Å². The van der Waals surface area contributed by atoms with Gasteiger partial charge in [-0.25, -0.2) is 8.42 Å². The summed E-state index contributed by atoms with van der Waals surface area (Å²) in [6.45, 7) is 1.72. The maximum atomic E-state index is 12.2. The molecule has 0 aliphatic heterocycles. The molecule has 2 aromatic rings. The van der Waals surface area contributed by atoms with Gasteiger partial charge in [-0.1, -0.05) is 0 Å². The second-order valence-electron chi connectivity index (χ2n) is 4.14. The SMILES string of the molecule is COc1ccc(S(=O)(=O)Nc2cnn(C)c2)c(C)c1. The van der Waals surface area contributed by atoms with E-state index in [-0.39, 0.29) is 4.90 Å². The predicted molar refractivity (Wildman–Crippen MR) is 71.7 cm³/mol. The van der Waals surface area contributed by atoms with Crippen LogP contribution in [0.5, 0.6) is 5.75 Å². The molecular formula is C12H15N3O3S. The first-order valence-corrected chi connectivity index (χ1v) is 7.07. The van der Waals surface area contributed by atoms with E-state index >= 15 is 0 Å². The molecule has 1 heterocycles. The maximum absolute atomic E-state index is 12.2. The number of methoxy groups -OCH3 is 1. The van der Waals surface area contributed by atoms with Crippen LogP contribution in [0.25, 0.3) is 0 Å². The molecule has 1 aromatic heterocycles. The van der Waals surface area contributed by atoms with Gasteiger partial charge in [-0.05, 0) is 30.7 Å². The van der Waals surface area contributed by atoms with Crippen LogP contribution in [0.1, 0.15) is 5.56 Å². The topological polar surface area (TPSA) is 73.2 Å². The molecule has 0 amide bonds. The number of nitrogens with zero attached hydrogens (tertiary/aromatic N) is 2. The van der Waals surface area contributed by atoms with Crippen molar-refractivity contribution >= 4 is 15.7 Å². The summed E-state index contributed by atoms with van der Waals surface area (Å²) >= 11 is 0. The quantitative estimate of drug-likeness (QED) is 0.922. The molecule has 2 rings (SSSR count). The van der Waals surface area contributed by atoms with Crippen molar-refractivity contribution in [2.75, 3.05) is 11.8 Å². The molecule has 7 heteroatoms. The van der Waals surface area contributed by atoms with Crippen LogP contribution in [0.3, 0.4) is 0 Å². The van der Waals surface area contributed by atoms with E-state index in [0.717, 1.165) is 0 Å². The molecule has 0 spiro atoms. The van der Waals surface area contributed by atoms with Crippen LogP contribution in [-0.2, 0) is 17.1 Å². The van der Waals surface area contributed by atoms with Gasteiger partial charge >= 0.3 is 0 Å². The highest BCUT2D eigenvalue weighted by Crippen LogP contribution is 2.22. The molecule has 0 saturated heterocycles. The summed E-state index contributed by atoms with van der Waals surface area (Å²) in [6.07, 6.45) is 3.05. The molecule has 1 N–H and O–H groups in total. The molecule has 0 saturated carbocycles. The van der Waals surface area contributed by atoms with E-state index in [0.29, 0.717) is 17.0 Å². The Labute approximate surface area is 112 Å². The monoisotopic (exact) mass is 281 g/mol. The number of aryl methyl sites for hydroxylation is 2. The fourth-order valence-corrected chi connectivity index (χ4v) is 2.99. The Morgan fingerprint density at radius 1 is 1.37 bits per heavy atom. The van der Waals surface area contributed by atoms with E-state index in [4.69, 9.17) is 4.74 Å². The zero-order chi connectivity index (χ0) is 14.0. The highest BCUT2D eigenvalue weighted by molar-refractivity contribution is 7.92. The van der Waals surface area contributed by atoms with Gasteiger partial charge in [0, 0.05) is 13.2 Å². The lowest BCUT2D eigenvalue weighted by Crippen LogP contribution is -2.13. The number of rotatable bonds is 4. The first-order chi connectivity index (χ1) is 8.92. The van der Waals surface area contributed by atoms with E-state index < -0.39 is 10.0 Å². The van der Waals surface area contributed by atoms with Crippen molar-refractivity contribution in [3.05, 3.63) is 36.2 Å². The zero-order valence-electron chi connectivity index (χ0n) is 10.9. The van der Waals surface area contributed by atoms with Crippen molar-refractivity contribution < 1.29 is 13.2 Å². The Bertz CT molecular complexity index is 692. The fourth-order valence-electron chi connectivity index (χ4n) is 1.73. The van der Waals surface area contributed by atoms with Gasteiger partial charge in [0.2, 0.25) is 0 Å².